The van der Waals surface area contributed by atoms with Crippen LogP contribution in [0.4, 0.5) is 0 Å². The molecule has 1 N–H and O–H groups in total. The van der Waals surface area contributed by atoms with Crippen molar-refractivity contribution in [2.75, 3.05) is 0 Å². The third-order valence-corrected chi connectivity index (χ3v) is 4.56. The SMILES string of the molecule is Cc1cc(Cl)cc(-c2csc(CNCc3ccncc3)c2)c1. The lowest BCUT2D eigenvalue weighted by molar-refractivity contribution is 0.700. The lowest BCUT2D eigenvalue weighted by atomic mass is 10.1. The number of halogens is 1. The molecule has 0 saturated carbocycles. The third-order valence-electron chi connectivity index (χ3n) is 3.41. The van der Waals surface area contributed by atoms with Gasteiger partial charge < -0.3 is 5.32 Å². The normalized spacial score (nSPS) is 10.8. The summed E-state index contributed by atoms with van der Waals surface area (Å²) in [6, 6.07) is 12.5. The standard InChI is InChI=1S/C18H17ClN2S/c1-13-6-15(8-17(19)7-13)16-9-18(22-12-16)11-21-10-14-2-4-20-5-3-14/h2-9,12,21H,10-11H2,1H3. The van der Waals surface area contributed by atoms with Gasteiger partial charge in [0.05, 0.1) is 0 Å². The first-order valence-electron chi connectivity index (χ1n) is 7.15. The number of pyridine rings is 1. The van der Waals surface area contributed by atoms with Crippen LogP contribution in [0.5, 0.6) is 0 Å². The van der Waals surface area contributed by atoms with Crippen molar-refractivity contribution in [3.8, 4) is 11.1 Å². The molecule has 22 heavy (non-hydrogen) atoms. The molecule has 2 nitrogen and oxygen atoms in total. The number of aromatic nitrogens is 1. The molecule has 0 unspecified atom stereocenters. The van der Waals surface area contributed by atoms with Crippen molar-refractivity contribution in [1.82, 2.24) is 10.3 Å². The summed E-state index contributed by atoms with van der Waals surface area (Å²) in [7, 11) is 0. The van der Waals surface area contributed by atoms with Crippen molar-refractivity contribution in [3.63, 3.8) is 0 Å². The maximum absolute atomic E-state index is 6.14. The number of thiophene rings is 1. The van der Waals surface area contributed by atoms with E-state index in [0.717, 1.165) is 18.1 Å². The number of hydrogen-bond acceptors (Lipinski definition) is 3. The van der Waals surface area contributed by atoms with Crippen molar-refractivity contribution >= 4 is 22.9 Å². The minimum atomic E-state index is 0.790. The molecule has 0 amide bonds. The highest BCUT2D eigenvalue weighted by atomic mass is 35.5. The largest absolute Gasteiger partial charge is 0.308 e. The Morgan fingerprint density at radius 1 is 1.05 bits per heavy atom. The second kappa shape index (κ2) is 7.05. The van der Waals surface area contributed by atoms with Gasteiger partial charge in [-0.1, -0.05) is 17.7 Å². The predicted molar refractivity (Wildman–Crippen MR) is 94.3 cm³/mol. The van der Waals surface area contributed by atoms with Crippen LogP contribution in [0.15, 0.2) is 54.2 Å². The Morgan fingerprint density at radius 3 is 2.64 bits per heavy atom. The molecule has 1 aromatic carbocycles. The third kappa shape index (κ3) is 3.95. The van der Waals surface area contributed by atoms with Crippen LogP contribution in [0, 0.1) is 6.92 Å². The van der Waals surface area contributed by atoms with Crippen LogP contribution >= 0.6 is 22.9 Å². The summed E-state index contributed by atoms with van der Waals surface area (Å²) in [5, 5.41) is 6.44. The molecule has 3 aromatic rings. The Bertz CT molecular complexity index is 733. The van der Waals surface area contributed by atoms with Gasteiger partial charge in [0.25, 0.3) is 0 Å². The lowest BCUT2D eigenvalue weighted by Gasteiger charge is -2.03. The van der Waals surface area contributed by atoms with E-state index in [9.17, 15) is 0 Å². The predicted octanol–water partition coefficient (Wildman–Crippen LogP) is 5.06. The smallest absolute Gasteiger partial charge is 0.0414 e. The molecule has 0 aliphatic rings. The van der Waals surface area contributed by atoms with Gasteiger partial charge in [0.1, 0.15) is 0 Å². The summed E-state index contributed by atoms with van der Waals surface area (Å²) in [5.41, 5.74) is 4.85. The summed E-state index contributed by atoms with van der Waals surface area (Å²) in [6.45, 7) is 3.79. The molecule has 2 aromatic heterocycles. The molecule has 0 atom stereocenters. The van der Waals surface area contributed by atoms with Crippen molar-refractivity contribution < 1.29 is 0 Å². The number of hydrogen-bond donors (Lipinski definition) is 1. The van der Waals surface area contributed by atoms with Crippen LogP contribution in [0.2, 0.25) is 5.02 Å². The topological polar surface area (TPSA) is 24.9 Å². The molecule has 3 rings (SSSR count). The zero-order chi connectivity index (χ0) is 15.4. The minimum Gasteiger partial charge on any atom is -0.308 e. The fourth-order valence-electron chi connectivity index (χ4n) is 2.36. The molecule has 0 aliphatic heterocycles. The van der Waals surface area contributed by atoms with E-state index in [1.807, 2.05) is 36.7 Å². The number of nitrogens with zero attached hydrogens (tertiary/aromatic N) is 1. The zero-order valence-corrected chi connectivity index (χ0v) is 13.9. The van der Waals surface area contributed by atoms with E-state index >= 15 is 0 Å². The molecule has 2 heterocycles. The monoisotopic (exact) mass is 328 g/mol. The fraction of sp³-hybridized carbons (Fsp3) is 0.167. The second-order valence-electron chi connectivity index (χ2n) is 5.28. The number of aryl methyl sites for hydroxylation is 1. The van der Waals surface area contributed by atoms with Crippen LogP contribution in [0.25, 0.3) is 11.1 Å². The van der Waals surface area contributed by atoms with Gasteiger partial charge in [-0.3, -0.25) is 4.98 Å². The molecule has 0 spiro atoms. The summed E-state index contributed by atoms with van der Waals surface area (Å²) in [6.07, 6.45) is 3.64. The zero-order valence-electron chi connectivity index (χ0n) is 12.3. The summed E-state index contributed by atoms with van der Waals surface area (Å²) in [5.74, 6) is 0. The van der Waals surface area contributed by atoms with Crippen molar-refractivity contribution in [3.05, 3.63) is 75.2 Å². The quantitative estimate of drug-likeness (QED) is 0.708. The molecule has 0 fully saturated rings. The van der Waals surface area contributed by atoms with E-state index in [1.54, 1.807) is 11.3 Å². The fourth-order valence-corrected chi connectivity index (χ4v) is 3.51. The molecule has 0 saturated heterocycles. The Hall–Kier alpha value is -1.68. The minimum absolute atomic E-state index is 0.790. The maximum atomic E-state index is 6.14. The first kappa shape index (κ1) is 15.2. The molecule has 0 aliphatic carbocycles. The van der Waals surface area contributed by atoms with Gasteiger partial charge >= 0.3 is 0 Å². The number of nitrogens with one attached hydrogen (secondary N) is 1. The average molecular weight is 329 g/mol. The Kier molecular flexibility index (Phi) is 4.88. The van der Waals surface area contributed by atoms with Gasteiger partial charge in [0, 0.05) is 35.4 Å². The highest BCUT2D eigenvalue weighted by Crippen LogP contribution is 2.28. The van der Waals surface area contributed by atoms with E-state index in [0.29, 0.717) is 0 Å². The van der Waals surface area contributed by atoms with Gasteiger partial charge in [-0.25, -0.2) is 0 Å². The molecular weight excluding hydrogens is 312 g/mol. The first-order valence-corrected chi connectivity index (χ1v) is 8.41. The van der Waals surface area contributed by atoms with Crippen LogP contribution in [-0.2, 0) is 13.1 Å². The van der Waals surface area contributed by atoms with Crippen LogP contribution in [-0.4, -0.2) is 4.98 Å². The Balaban J connectivity index is 1.64. The lowest BCUT2D eigenvalue weighted by Crippen LogP contribution is -2.11. The van der Waals surface area contributed by atoms with E-state index in [-0.39, 0.29) is 0 Å². The van der Waals surface area contributed by atoms with E-state index in [4.69, 9.17) is 11.6 Å². The van der Waals surface area contributed by atoms with Gasteiger partial charge in [0.15, 0.2) is 0 Å². The molecular formula is C18H17ClN2S. The highest BCUT2D eigenvalue weighted by Gasteiger charge is 2.04. The molecule has 112 valence electrons. The van der Waals surface area contributed by atoms with Crippen LogP contribution in [0.3, 0.4) is 0 Å². The van der Waals surface area contributed by atoms with Crippen LogP contribution in [0.1, 0.15) is 16.0 Å². The summed E-state index contributed by atoms with van der Waals surface area (Å²) < 4.78 is 0. The van der Waals surface area contributed by atoms with Crippen LogP contribution < -0.4 is 5.32 Å². The van der Waals surface area contributed by atoms with Gasteiger partial charge in [-0.15, -0.1) is 11.3 Å². The van der Waals surface area contributed by atoms with Crippen molar-refractivity contribution in [2.24, 2.45) is 0 Å². The van der Waals surface area contributed by atoms with Gasteiger partial charge in [-0.2, -0.15) is 0 Å². The molecule has 0 bridgehead atoms. The molecule has 4 heteroatoms. The van der Waals surface area contributed by atoms with E-state index in [1.165, 1.54) is 27.1 Å². The summed E-state index contributed by atoms with van der Waals surface area (Å²) in [4.78, 5) is 5.35. The van der Waals surface area contributed by atoms with E-state index in [2.05, 4.69) is 34.7 Å². The van der Waals surface area contributed by atoms with Gasteiger partial charge in [-0.05, 0) is 64.9 Å². The van der Waals surface area contributed by atoms with E-state index < -0.39 is 0 Å². The van der Waals surface area contributed by atoms with Crippen molar-refractivity contribution in [2.45, 2.75) is 20.0 Å². The highest BCUT2D eigenvalue weighted by molar-refractivity contribution is 7.10. The number of rotatable bonds is 5. The molecule has 0 radical (unpaired) electrons. The van der Waals surface area contributed by atoms with Crippen molar-refractivity contribution in [1.29, 1.82) is 0 Å². The average Bonchev–Trinajstić information content (AvgIpc) is 2.96. The number of benzene rings is 1. The maximum Gasteiger partial charge on any atom is 0.0414 e. The Morgan fingerprint density at radius 2 is 1.86 bits per heavy atom. The first-order chi connectivity index (χ1) is 10.7. The Labute approximate surface area is 139 Å². The summed E-state index contributed by atoms with van der Waals surface area (Å²) >= 11 is 7.92. The second-order valence-corrected chi connectivity index (χ2v) is 6.71. The van der Waals surface area contributed by atoms with Gasteiger partial charge in [0.2, 0.25) is 0 Å².